The van der Waals surface area contributed by atoms with Crippen LogP contribution >= 0.6 is 0 Å². The summed E-state index contributed by atoms with van der Waals surface area (Å²) in [5, 5.41) is 9.63. The van der Waals surface area contributed by atoms with Gasteiger partial charge < -0.3 is 5.11 Å². The maximum atomic E-state index is 11.4. The fourth-order valence-corrected chi connectivity index (χ4v) is 1.05. The summed E-state index contributed by atoms with van der Waals surface area (Å²) in [5.41, 5.74) is 0.0415. The van der Waals surface area contributed by atoms with Crippen LogP contribution in [0.15, 0.2) is 24.3 Å². The van der Waals surface area contributed by atoms with Crippen LogP contribution in [0.4, 0.5) is 0 Å². The smallest absolute Gasteiger partial charge is 0.336 e. The second kappa shape index (κ2) is 3.89. The number of hydrazine groups is 1. The number of benzene rings is 1. The molecule has 74 valence electrons. The molecule has 1 rings (SSSR count). The number of hydrogen-bond donors (Lipinski definition) is 2. The first-order valence-corrected chi connectivity index (χ1v) is 3.89. The van der Waals surface area contributed by atoms with Crippen LogP contribution in [0.1, 0.15) is 20.7 Å². The molecule has 0 aromatic heterocycles. The van der Waals surface area contributed by atoms with E-state index in [4.69, 9.17) is 10.9 Å². The van der Waals surface area contributed by atoms with Crippen molar-refractivity contribution in [2.75, 3.05) is 7.05 Å². The standard InChI is InChI=1S/C9H10N2O3/c1-11(10)8(12)6-4-2-3-5-7(6)9(13)14/h2-5H,10H2,1H3,(H,13,14). The SMILES string of the molecule is CN(N)C(=O)c1ccccc1C(=O)O. The van der Waals surface area contributed by atoms with E-state index in [1.165, 1.54) is 19.2 Å². The van der Waals surface area contributed by atoms with E-state index >= 15 is 0 Å². The number of carbonyl (C=O) groups excluding carboxylic acids is 1. The molecule has 5 heteroatoms. The van der Waals surface area contributed by atoms with Gasteiger partial charge in [0.25, 0.3) is 5.91 Å². The highest BCUT2D eigenvalue weighted by molar-refractivity contribution is 6.04. The molecule has 1 amide bonds. The van der Waals surface area contributed by atoms with Gasteiger partial charge >= 0.3 is 5.97 Å². The van der Waals surface area contributed by atoms with E-state index in [2.05, 4.69) is 0 Å². The minimum atomic E-state index is -1.14. The first-order valence-electron chi connectivity index (χ1n) is 3.89. The topological polar surface area (TPSA) is 83.6 Å². The molecule has 1 aromatic rings. The first-order chi connectivity index (χ1) is 6.54. The van der Waals surface area contributed by atoms with Gasteiger partial charge in [-0.2, -0.15) is 0 Å². The van der Waals surface area contributed by atoms with Crippen LogP contribution in [0.5, 0.6) is 0 Å². The summed E-state index contributed by atoms with van der Waals surface area (Å²) in [6.07, 6.45) is 0. The van der Waals surface area contributed by atoms with Gasteiger partial charge in [-0.25, -0.2) is 10.6 Å². The second-order valence-corrected chi connectivity index (χ2v) is 2.77. The van der Waals surface area contributed by atoms with Gasteiger partial charge in [0.2, 0.25) is 0 Å². The van der Waals surface area contributed by atoms with E-state index < -0.39 is 11.9 Å². The average molecular weight is 194 g/mol. The molecule has 0 bridgehead atoms. The number of carboxylic acid groups (broad SMARTS) is 1. The Kier molecular flexibility index (Phi) is 2.83. The van der Waals surface area contributed by atoms with Gasteiger partial charge in [0.15, 0.2) is 0 Å². The summed E-state index contributed by atoms with van der Waals surface area (Å²) in [6, 6.07) is 5.92. The van der Waals surface area contributed by atoms with Crippen molar-refractivity contribution in [3.63, 3.8) is 0 Å². The van der Waals surface area contributed by atoms with Crippen LogP contribution < -0.4 is 5.84 Å². The Morgan fingerprint density at radius 2 is 1.79 bits per heavy atom. The minimum absolute atomic E-state index is 0.0465. The highest BCUT2D eigenvalue weighted by Gasteiger charge is 2.16. The predicted octanol–water partition coefficient (Wildman–Crippen LogP) is 0.331. The third-order valence-electron chi connectivity index (χ3n) is 1.71. The van der Waals surface area contributed by atoms with Crippen molar-refractivity contribution in [2.45, 2.75) is 0 Å². The zero-order valence-electron chi connectivity index (χ0n) is 7.60. The Morgan fingerprint density at radius 3 is 2.21 bits per heavy atom. The molecule has 0 aliphatic carbocycles. The third-order valence-corrected chi connectivity index (χ3v) is 1.71. The molecule has 0 aliphatic heterocycles. The lowest BCUT2D eigenvalue weighted by Crippen LogP contribution is -2.34. The molecule has 0 unspecified atom stereocenters. The number of rotatable bonds is 2. The number of amides is 1. The number of nitrogens with zero attached hydrogens (tertiary/aromatic N) is 1. The summed E-state index contributed by atoms with van der Waals surface area (Å²) >= 11 is 0. The fraction of sp³-hybridized carbons (Fsp3) is 0.111. The maximum absolute atomic E-state index is 11.4. The molecule has 0 saturated heterocycles. The van der Waals surface area contributed by atoms with Gasteiger partial charge in [0.05, 0.1) is 11.1 Å². The van der Waals surface area contributed by atoms with Gasteiger partial charge in [0.1, 0.15) is 0 Å². The lowest BCUT2D eigenvalue weighted by atomic mass is 10.1. The largest absolute Gasteiger partial charge is 0.478 e. The average Bonchev–Trinajstić information content (AvgIpc) is 2.16. The van der Waals surface area contributed by atoms with Crippen molar-refractivity contribution < 1.29 is 14.7 Å². The van der Waals surface area contributed by atoms with Crippen molar-refractivity contribution in [1.29, 1.82) is 0 Å². The molecule has 0 saturated carbocycles. The van der Waals surface area contributed by atoms with Gasteiger partial charge in [-0.05, 0) is 12.1 Å². The summed E-state index contributed by atoms with van der Waals surface area (Å²) in [7, 11) is 1.36. The van der Waals surface area contributed by atoms with Crippen LogP contribution in [0.25, 0.3) is 0 Å². The normalized spacial score (nSPS) is 9.57. The second-order valence-electron chi connectivity index (χ2n) is 2.77. The van der Waals surface area contributed by atoms with Crippen LogP contribution in [0.3, 0.4) is 0 Å². The number of nitrogens with two attached hydrogens (primary N) is 1. The number of aromatic carboxylic acids is 1. The van der Waals surface area contributed by atoms with E-state index in [0.29, 0.717) is 0 Å². The fourth-order valence-electron chi connectivity index (χ4n) is 1.05. The minimum Gasteiger partial charge on any atom is -0.478 e. The van der Waals surface area contributed by atoms with Gasteiger partial charge in [-0.15, -0.1) is 0 Å². The van der Waals surface area contributed by atoms with Gasteiger partial charge in [-0.3, -0.25) is 9.80 Å². The number of carbonyl (C=O) groups is 2. The number of hydrogen-bond acceptors (Lipinski definition) is 3. The van der Waals surface area contributed by atoms with Gasteiger partial charge in [0, 0.05) is 7.05 Å². The van der Waals surface area contributed by atoms with Crippen LogP contribution in [0.2, 0.25) is 0 Å². The summed E-state index contributed by atoms with van der Waals surface area (Å²) in [5.74, 6) is 3.56. The van der Waals surface area contributed by atoms with E-state index in [-0.39, 0.29) is 11.1 Å². The van der Waals surface area contributed by atoms with Gasteiger partial charge in [-0.1, -0.05) is 12.1 Å². The molecule has 1 aromatic carbocycles. The molecule has 0 heterocycles. The monoisotopic (exact) mass is 194 g/mol. The van der Waals surface area contributed by atoms with Crippen molar-refractivity contribution in [3.8, 4) is 0 Å². The number of carboxylic acids is 1. The molecule has 3 N–H and O–H groups in total. The third kappa shape index (κ3) is 1.89. The van der Waals surface area contributed by atoms with Crippen LogP contribution in [0, 0.1) is 0 Å². The molecule has 0 fully saturated rings. The highest BCUT2D eigenvalue weighted by Crippen LogP contribution is 2.09. The zero-order valence-corrected chi connectivity index (χ0v) is 7.60. The maximum Gasteiger partial charge on any atom is 0.336 e. The molecule has 0 radical (unpaired) electrons. The Hall–Kier alpha value is -1.88. The van der Waals surface area contributed by atoms with E-state index in [9.17, 15) is 9.59 Å². The van der Waals surface area contributed by atoms with Crippen LogP contribution in [-0.2, 0) is 0 Å². The summed E-state index contributed by atoms with van der Waals surface area (Å²) in [4.78, 5) is 22.1. The zero-order chi connectivity index (χ0) is 10.7. The summed E-state index contributed by atoms with van der Waals surface area (Å²) in [6.45, 7) is 0. The molecule has 14 heavy (non-hydrogen) atoms. The Morgan fingerprint density at radius 1 is 1.29 bits per heavy atom. The Labute approximate surface area is 80.7 Å². The summed E-state index contributed by atoms with van der Waals surface area (Å²) < 4.78 is 0. The van der Waals surface area contributed by atoms with Crippen molar-refractivity contribution in [3.05, 3.63) is 35.4 Å². The van der Waals surface area contributed by atoms with Crippen molar-refractivity contribution in [1.82, 2.24) is 5.01 Å². The van der Waals surface area contributed by atoms with Crippen LogP contribution in [-0.4, -0.2) is 29.0 Å². The molecule has 0 atom stereocenters. The molecular formula is C9H10N2O3. The lowest BCUT2D eigenvalue weighted by Gasteiger charge is -2.11. The van der Waals surface area contributed by atoms with E-state index in [0.717, 1.165) is 5.01 Å². The quantitative estimate of drug-likeness (QED) is 0.403. The predicted molar refractivity (Wildman–Crippen MR) is 49.7 cm³/mol. The lowest BCUT2D eigenvalue weighted by molar-refractivity contribution is 0.0682. The first kappa shape index (κ1) is 10.2. The van der Waals surface area contributed by atoms with E-state index in [1.807, 2.05) is 0 Å². The van der Waals surface area contributed by atoms with Crippen molar-refractivity contribution in [2.24, 2.45) is 5.84 Å². The highest BCUT2D eigenvalue weighted by atomic mass is 16.4. The van der Waals surface area contributed by atoms with Crippen molar-refractivity contribution >= 4 is 11.9 Å². The van der Waals surface area contributed by atoms with E-state index in [1.54, 1.807) is 12.1 Å². The Balaban J connectivity index is 3.20. The molecule has 0 aliphatic rings. The molecule has 5 nitrogen and oxygen atoms in total. The molecule has 0 spiro atoms. The molecular weight excluding hydrogens is 184 g/mol. The Bertz CT molecular complexity index is 374.